The topological polar surface area (TPSA) is 133 Å². The van der Waals surface area contributed by atoms with Gasteiger partial charge in [-0.3, -0.25) is 14.9 Å². The molecule has 0 aromatic carbocycles. The standard InChI is InChI=1S/C26H32N8O3S/c35-24-19(31-26(37)32-24)13-16-15-28-34-22(29-17-5-6-17)14-18(30-23(16)34)20-7-8-21(38-20)25(36)27-9-1-2-10-33-11-3-4-12-33/h8,13-15,17,20,29H,1-7,9-12H2,(H,27,36)(H2,31,32,35,37)/b19-13-. The van der Waals surface area contributed by atoms with E-state index in [0.29, 0.717) is 30.2 Å². The maximum Gasteiger partial charge on any atom is 0.326 e. The molecule has 0 radical (unpaired) electrons. The van der Waals surface area contributed by atoms with E-state index in [-0.39, 0.29) is 16.9 Å². The Morgan fingerprint density at radius 2 is 2.03 bits per heavy atom. The molecule has 12 heteroatoms. The van der Waals surface area contributed by atoms with Gasteiger partial charge in [-0.05, 0) is 70.7 Å². The van der Waals surface area contributed by atoms with Crippen LogP contribution in [0.2, 0.25) is 0 Å². The zero-order valence-electron chi connectivity index (χ0n) is 21.2. The van der Waals surface area contributed by atoms with Crippen molar-refractivity contribution in [1.82, 2.24) is 35.4 Å². The smallest absolute Gasteiger partial charge is 0.326 e. The number of imide groups is 1. The molecule has 2 aromatic heterocycles. The molecule has 0 spiro atoms. The summed E-state index contributed by atoms with van der Waals surface area (Å²) in [5.74, 6) is 0.325. The van der Waals surface area contributed by atoms with Crippen LogP contribution in [-0.2, 0) is 9.59 Å². The second-order valence-corrected chi connectivity index (χ2v) is 11.5. The molecular weight excluding hydrogens is 504 g/mol. The third-order valence-corrected chi connectivity index (χ3v) is 8.52. The van der Waals surface area contributed by atoms with Crippen molar-refractivity contribution in [2.45, 2.75) is 56.2 Å². The number of aromatic nitrogens is 3. The van der Waals surface area contributed by atoms with E-state index in [2.05, 4.69) is 31.3 Å². The Morgan fingerprint density at radius 3 is 2.79 bits per heavy atom. The average Bonchev–Trinajstić information content (AvgIpc) is 3.32. The minimum Gasteiger partial charge on any atom is -0.367 e. The van der Waals surface area contributed by atoms with E-state index in [1.54, 1.807) is 16.8 Å². The molecule has 1 unspecified atom stereocenters. The van der Waals surface area contributed by atoms with E-state index >= 15 is 0 Å². The molecule has 1 saturated carbocycles. The summed E-state index contributed by atoms with van der Waals surface area (Å²) in [4.78, 5) is 44.5. The number of nitrogens with zero attached hydrogens (tertiary/aromatic N) is 4. The highest BCUT2D eigenvalue weighted by molar-refractivity contribution is 8.04. The lowest BCUT2D eigenvalue weighted by molar-refractivity contribution is -0.117. The summed E-state index contributed by atoms with van der Waals surface area (Å²) < 4.78 is 1.73. The molecule has 3 aliphatic heterocycles. The summed E-state index contributed by atoms with van der Waals surface area (Å²) >= 11 is 1.53. The number of thioether (sulfide) groups is 1. The first kappa shape index (κ1) is 24.9. The van der Waals surface area contributed by atoms with Gasteiger partial charge in [-0.15, -0.1) is 11.8 Å². The lowest BCUT2D eigenvalue weighted by Crippen LogP contribution is -2.26. The van der Waals surface area contributed by atoms with Gasteiger partial charge in [0.1, 0.15) is 11.5 Å². The molecule has 4 aliphatic rings. The number of allylic oxidation sites excluding steroid dienone is 1. The molecule has 4 amide bonds. The number of hydrogen-bond acceptors (Lipinski definition) is 8. The summed E-state index contributed by atoms with van der Waals surface area (Å²) in [6.45, 7) is 4.22. The lowest BCUT2D eigenvalue weighted by atomic mass is 10.2. The molecule has 2 saturated heterocycles. The number of urea groups is 1. The van der Waals surface area contributed by atoms with Gasteiger partial charge in [-0.1, -0.05) is 6.08 Å². The number of carbonyl (C=O) groups excluding carboxylic acids is 3. The minimum atomic E-state index is -0.548. The van der Waals surface area contributed by atoms with Crippen LogP contribution in [0.3, 0.4) is 0 Å². The van der Waals surface area contributed by atoms with Gasteiger partial charge in [0, 0.05) is 24.2 Å². The number of likely N-dealkylation sites (tertiary alicyclic amines) is 1. The second-order valence-electron chi connectivity index (χ2n) is 10.2. The highest BCUT2D eigenvalue weighted by Gasteiger charge is 2.29. The Labute approximate surface area is 224 Å². The van der Waals surface area contributed by atoms with Gasteiger partial charge >= 0.3 is 6.03 Å². The van der Waals surface area contributed by atoms with Crippen LogP contribution in [0.15, 0.2) is 28.9 Å². The Bertz CT molecular complexity index is 1330. The van der Waals surface area contributed by atoms with Gasteiger partial charge in [-0.2, -0.15) is 9.61 Å². The molecule has 200 valence electrons. The van der Waals surface area contributed by atoms with Crippen molar-refractivity contribution in [2.24, 2.45) is 0 Å². The summed E-state index contributed by atoms with van der Waals surface area (Å²) in [7, 11) is 0. The van der Waals surface area contributed by atoms with Gasteiger partial charge in [0.05, 0.1) is 22.0 Å². The number of hydrogen-bond donors (Lipinski definition) is 4. The number of unbranched alkanes of at least 4 members (excludes halogenated alkanes) is 1. The van der Waals surface area contributed by atoms with Gasteiger partial charge in [0.2, 0.25) is 0 Å². The minimum absolute atomic E-state index is 0.000514. The average molecular weight is 537 g/mol. The SMILES string of the molecule is O=C1NC(=O)/C(=C/c2cnn3c(NC4CC4)cc(C4CC=C(C(=O)NCCCCN5CCCC5)S4)nc23)N1. The van der Waals surface area contributed by atoms with Crippen molar-refractivity contribution < 1.29 is 14.4 Å². The van der Waals surface area contributed by atoms with E-state index in [4.69, 9.17) is 4.98 Å². The van der Waals surface area contributed by atoms with E-state index in [9.17, 15) is 14.4 Å². The van der Waals surface area contributed by atoms with E-state index in [1.807, 2.05) is 12.1 Å². The van der Waals surface area contributed by atoms with Crippen LogP contribution in [0.25, 0.3) is 11.7 Å². The Balaban J connectivity index is 1.13. The normalized spacial score (nSPS) is 22.7. The van der Waals surface area contributed by atoms with Crippen molar-refractivity contribution in [3.05, 3.63) is 40.2 Å². The number of amides is 4. The summed E-state index contributed by atoms with van der Waals surface area (Å²) in [5.41, 5.74) is 2.21. The lowest BCUT2D eigenvalue weighted by Gasteiger charge is -2.15. The first-order valence-electron chi connectivity index (χ1n) is 13.4. The van der Waals surface area contributed by atoms with Crippen molar-refractivity contribution in [1.29, 1.82) is 0 Å². The molecule has 4 N–H and O–H groups in total. The maximum absolute atomic E-state index is 12.8. The van der Waals surface area contributed by atoms with Crippen LogP contribution in [0.1, 0.15) is 61.5 Å². The fourth-order valence-corrected chi connectivity index (χ4v) is 6.10. The zero-order valence-corrected chi connectivity index (χ0v) is 22.0. The summed E-state index contributed by atoms with van der Waals surface area (Å²) in [5, 5.41) is 15.8. The maximum atomic E-state index is 12.8. The molecule has 11 nitrogen and oxygen atoms in total. The second kappa shape index (κ2) is 10.8. The van der Waals surface area contributed by atoms with E-state index in [0.717, 1.165) is 48.6 Å². The van der Waals surface area contributed by atoms with Crippen LogP contribution < -0.4 is 21.3 Å². The summed E-state index contributed by atoms with van der Waals surface area (Å²) in [6.07, 6.45) is 12.8. The molecule has 5 heterocycles. The Morgan fingerprint density at radius 1 is 1.18 bits per heavy atom. The van der Waals surface area contributed by atoms with Crippen molar-refractivity contribution >= 4 is 47.1 Å². The number of nitrogens with one attached hydrogen (secondary N) is 4. The zero-order chi connectivity index (χ0) is 26.1. The van der Waals surface area contributed by atoms with Crippen LogP contribution >= 0.6 is 11.8 Å². The van der Waals surface area contributed by atoms with Gasteiger partial charge in [0.15, 0.2) is 5.65 Å². The fraction of sp³-hybridized carbons (Fsp3) is 0.500. The highest BCUT2D eigenvalue weighted by atomic mass is 32.2. The third kappa shape index (κ3) is 5.56. The van der Waals surface area contributed by atoms with Gasteiger partial charge in [-0.25, -0.2) is 9.78 Å². The van der Waals surface area contributed by atoms with Gasteiger partial charge < -0.3 is 20.9 Å². The van der Waals surface area contributed by atoms with Crippen molar-refractivity contribution in [3.63, 3.8) is 0 Å². The molecule has 6 rings (SSSR count). The first-order chi connectivity index (χ1) is 18.5. The Kier molecular flexibility index (Phi) is 7.07. The Hall–Kier alpha value is -3.38. The molecule has 1 aliphatic carbocycles. The van der Waals surface area contributed by atoms with Gasteiger partial charge in [0.25, 0.3) is 11.8 Å². The predicted octanol–water partition coefficient (Wildman–Crippen LogP) is 2.54. The third-order valence-electron chi connectivity index (χ3n) is 7.19. The molecule has 0 bridgehead atoms. The number of rotatable bonds is 10. The van der Waals surface area contributed by atoms with Crippen molar-refractivity contribution in [2.75, 3.05) is 31.5 Å². The molecule has 3 fully saturated rings. The monoisotopic (exact) mass is 536 g/mol. The molecule has 1 atom stereocenters. The van der Waals surface area contributed by atoms with Crippen LogP contribution in [0.4, 0.5) is 10.6 Å². The quantitative estimate of drug-likeness (QED) is 0.207. The summed E-state index contributed by atoms with van der Waals surface area (Å²) in [6, 6.07) is 1.86. The van der Waals surface area contributed by atoms with Crippen LogP contribution in [0, 0.1) is 0 Å². The molecule has 2 aromatic rings. The number of anilines is 1. The molecule has 38 heavy (non-hydrogen) atoms. The largest absolute Gasteiger partial charge is 0.367 e. The van der Waals surface area contributed by atoms with E-state index in [1.165, 1.54) is 37.7 Å². The fourth-order valence-electron chi connectivity index (χ4n) is 4.99. The number of carbonyl (C=O) groups is 3. The number of fused-ring (bicyclic) bond motifs is 1. The highest BCUT2D eigenvalue weighted by Crippen LogP contribution is 2.44. The first-order valence-corrected chi connectivity index (χ1v) is 14.3. The predicted molar refractivity (Wildman–Crippen MR) is 145 cm³/mol. The van der Waals surface area contributed by atoms with E-state index < -0.39 is 11.9 Å². The molecular formula is C26H32N8O3S. The van der Waals surface area contributed by atoms with Crippen LogP contribution in [-0.4, -0.2) is 69.6 Å². The van der Waals surface area contributed by atoms with Crippen molar-refractivity contribution in [3.8, 4) is 0 Å². The van der Waals surface area contributed by atoms with Crippen LogP contribution in [0.5, 0.6) is 0 Å².